The number of hydrogen-bond acceptors (Lipinski definition) is 6. The van der Waals surface area contributed by atoms with Gasteiger partial charge in [-0.2, -0.15) is 0 Å². The average Bonchev–Trinajstić information content (AvgIpc) is 3.09. The molecule has 1 N–H and O–H groups in total. The number of anilines is 1. The summed E-state index contributed by atoms with van der Waals surface area (Å²) < 4.78 is 36.1. The van der Waals surface area contributed by atoms with Crippen LogP contribution in [0, 0.1) is 0 Å². The molecule has 0 amide bonds. The smallest absolute Gasteiger partial charge is 0.343 e. The summed E-state index contributed by atoms with van der Waals surface area (Å²) in [6, 6.07) is 12.8. The van der Waals surface area contributed by atoms with Crippen LogP contribution in [0.3, 0.4) is 0 Å². The summed E-state index contributed by atoms with van der Waals surface area (Å²) in [4.78, 5) is 13.6. The van der Waals surface area contributed by atoms with Crippen molar-refractivity contribution in [3.8, 4) is 5.75 Å². The van der Waals surface area contributed by atoms with Crippen LogP contribution in [0.2, 0.25) is 0 Å². The van der Waals surface area contributed by atoms with E-state index in [4.69, 9.17) is 4.74 Å². The molecule has 0 saturated carbocycles. The number of esters is 1. The van der Waals surface area contributed by atoms with Crippen molar-refractivity contribution < 1.29 is 22.7 Å². The van der Waals surface area contributed by atoms with E-state index in [0.717, 1.165) is 29.8 Å². The van der Waals surface area contributed by atoms with E-state index in [1.54, 1.807) is 12.1 Å². The third-order valence-electron chi connectivity index (χ3n) is 4.50. The average molecular weight is 390 g/mol. The molecule has 2 aromatic carbocycles. The summed E-state index contributed by atoms with van der Waals surface area (Å²) in [7, 11) is -0.700. The van der Waals surface area contributed by atoms with Crippen molar-refractivity contribution in [3.63, 3.8) is 0 Å². The summed E-state index contributed by atoms with van der Waals surface area (Å²) in [5.41, 5.74) is 3.18. The summed E-state index contributed by atoms with van der Waals surface area (Å²) in [6.45, 7) is 1.43. The third-order valence-corrected chi connectivity index (χ3v) is 5.91. The number of nitrogens with zero attached hydrogens (tertiary/aromatic N) is 1. The van der Waals surface area contributed by atoms with E-state index in [0.29, 0.717) is 12.3 Å². The van der Waals surface area contributed by atoms with Gasteiger partial charge in [-0.25, -0.2) is 17.9 Å². The molecule has 27 heavy (non-hydrogen) atoms. The molecule has 1 aliphatic heterocycles. The van der Waals surface area contributed by atoms with Gasteiger partial charge in [0.05, 0.1) is 12.0 Å². The number of carbonyl (C=O) groups excluding carboxylic acids is 1. The van der Waals surface area contributed by atoms with Gasteiger partial charge >= 0.3 is 5.97 Å². The molecule has 144 valence electrons. The summed E-state index contributed by atoms with van der Waals surface area (Å²) in [6.07, 6.45) is 0.808. The Morgan fingerprint density at radius 3 is 2.59 bits per heavy atom. The van der Waals surface area contributed by atoms with E-state index in [1.807, 2.05) is 30.3 Å². The molecule has 0 aliphatic carbocycles. The minimum Gasteiger partial charge on any atom is -0.482 e. The van der Waals surface area contributed by atoms with Gasteiger partial charge in [-0.05, 0) is 54.9 Å². The number of carbonyl (C=O) groups is 1. The van der Waals surface area contributed by atoms with Crippen LogP contribution in [0.5, 0.6) is 5.75 Å². The van der Waals surface area contributed by atoms with Gasteiger partial charge in [0.25, 0.3) is 0 Å². The first-order valence-corrected chi connectivity index (χ1v) is 10.0. The van der Waals surface area contributed by atoms with Crippen LogP contribution in [0.4, 0.5) is 5.69 Å². The zero-order chi connectivity index (χ0) is 19.4. The Morgan fingerprint density at radius 1 is 1.19 bits per heavy atom. The Bertz CT molecular complexity index is 926. The van der Waals surface area contributed by atoms with Gasteiger partial charge in [-0.15, -0.1) is 0 Å². The molecule has 0 aromatic heterocycles. The van der Waals surface area contributed by atoms with Gasteiger partial charge in [-0.3, -0.25) is 0 Å². The number of ether oxygens (including phenoxy) is 2. The second kappa shape index (κ2) is 7.98. The number of nitrogens with one attached hydrogen (secondary N) is 1. The maximum absolute atomic E-state index is 12.0. The van der Waals surface area contributed by atoms with E-state index in [-0.39, 0.29) is 11.5 Å². The van der Waals surface area contributed by atoms with Gasteiger partial charge in [0, 0.05) is 18.8 Å². The van der Waals surface area contributed by atoms with E-state index >= 15 is 0 Å². The fourth-order valence-corrected chi connectivity index (χ4v) is 3.79. The van der Waals surface area contributed by atoms with Gasteiger partial charge in [0.1, 0.15) is 5.75 Å². The first-order chi connectivity index (χ1) is 12.9. The minimum absolute atomic E-state index is 0.118. The Kier molecular flexibility index (Phi) is 5.67. The van der Waals surface area contributed by atoms with Crippen LogP contribution >= 0.6 is 0 Å². The zero-order valence-corrected chi connectivity index (χ0v) is 16.1. The predicted molar refractivity (Wildman–Crippen MR) is 101 cm³/mol. The number of fused-ring (bicyclic) bond motifs is 1. The van der Waals surface area contributed by atoms with E-state index in [1.165, 1.54) is 14.2 Å². The van der Waals surface area contributed by atoms with Crippen LogP contribution in [-0.4, -0.2) is 41.7 Å². The summed E-state index contributed by atoms with van der Waals surface area (Å²) in [5, 5.41) is 0. The highest BCUT2D eigenvalue weighted by Crippen LogP contribution is 2.31. The molecule has 0 radical (unpaired) electrons. The molecule has 1 aliphatic rings. The molecule has 0 bridgehead atoms. The molecule has 1 heterocycles. The SMILES string of the molecule is CNS(=O)(=O)c1ccc2c(c1)CCN2Cc1ccc(OCC(=O)OC)cc1. The largest absolute Gasteiger partial charge is 0.482 e. The molecule has 0 saturated heterocycles. The van der Waals surface area contributed by atoms with Crippen molar-refractivity contribution in [2.24, 2.45) is 0 Å². The maximum atomic E-state index is 12.0. The van der Waals surface area contributed by atoms with Crippen molar-refractivity contribution in [2.75, 3.05) is 32.2 Å². The highest BCUT2D eigenvalue weighted by atomic mass is 32.2. The molecule has 0 fully saturated rings. The van der Waals surface area contributed by atoms with Gasteiger partial charge < -0.3 is 14.4 Å². The molecule has 7 nitrogen and oxygen atoms in total. The van der Waals surface area contributed by atoms with Crippen LogP contribution in [0.1, 0.15) is 11.1 Å². The fraction of sp³-hybridized carbons (Fsp3) is 0.316. The van der Waals surface area contributed by atoms with Gasteiger partial charge in [0.2, 0.25) is 10.0 Å². The molecule has 0 unspecified atom stereocenters. The fourth-order valence-electron chi connectivity index (χ4n) is 3.01. The second-order valence-electron chi connectivity index (χ2n) is 6.18. The Hall–Kier alpha value is -2.58. The molecule has 0 spiro atoms. The lowest BCUT2D eigenvalue weighted by Gasteiger charge is -2.20. The lowest BCUT2D eigenvalue weighted by molar-refractivity contribution is -0.142. The van der Waals surface area contributed by atoms with E-state index < -0.39 is 16.0 Å². The van der Waals surface area contributed by atoms with Gasteiger partial charge in [0.15, 0.2) is 6.61 Å². The minimum atomic E-state index is -3.43. The van der Waals surface area contributed by atoms with Crippen LogP contribution in [0.25, 0.3) is 0 Å². The third kappa shape index (κ3) is 4.40. The highest BCUT2D eigenvalue weighted by Gasteiger charge is 2.22. The summed E-state index contributed by atoms with van der Waals surface area (Å²) in [5.74, 6) is 0.181. The molecule has 0 atom stereocenters. The summed E-state index contributed by atoms with van der Waals surface area (Å²) >= 11 is 0. The Labute approximate surface area is 158 Å². The molecule has 3 rings (SSSR count). The van der Waals surface area contributed by atoms with Crippen LogP contribution < -0.4 is 14.4 Å². The first kappa shape index (κ1) is 19.2. The monoisotopic (exact) mass is 390 g/mol. The van der Waals surface area contributed by atoms with Gasteiger partial charge in [-0.1, -0.05) is 12.1 Å². The van der Waals surface area contributed by atoms with E-state index in [2.05, 4.69) is 14.4 Å². The number of methoxy groups -OCH3 is 1. The normalized spacial score (nSPS) is 13.3. The molecular weight excluding hydrogens is 368 g/mol. The number of hydrogen-bond donors (Lipinski definition) is 1. The standard InChI is InChI=1S/C19H22N2O5S/c1-20-27(23,24)17-7-8-18-15(11-17)9-10-21(18)12-14-3-5-16(6-4-14)26-13-19(22)25-2/h3-8,11,20H,9-10,12-13H2,1-2H3. The van der Waals surface area contributed by atoms with E-state index in [9.17, 15) is 13.2 Å². The highest BCUT2D eigenvalue weighted by molar-refractivity contribution is 7.89. The quantitative estimate of drug-likeness (QED) is 0.725. The lowest BCUT2D eigenvalue weighted by Crippen LogP contribution is -2.20. The second-order valence-corrected chi connectivity index (χ2v) is 8.06. The molecule has 8 heteroatoms. The lowest BCUT2D eigenvalue weighted by atomic mass is 10.1. The van der Waals surface area contributed by atoms with Crippen LogP contribution in [-0.2, 0) is 32.5 Å². The van der Waals surface area contributed by atoms with Crippen molar-refractivity contribution >= 4 is 21.7 Å². The zero-order valence-electron chi connectivity index (χ0n) is 15.3. The predicted octanol–water partition coefficient (Wildman–Crippen LogP) is 1.71. The Balaban J connectivity index is 1.67. The van der Waals surface area contributed by atoms with Crippen LogP contribution in [0.15, 0.2) is 47.4 Å². The molecular formula is C19H22N2O5S. The van der Waals surface area contributed by atoms with Crippen molar-refractivity contribution in [1.82, 2.24) is 4.72 Å². The first-order valence-electron chi connectivity index (χ1n) is 8.53. The van der Waals surface area contributed by atoms with Crippen molar-refractivity contribution in [2.45, 2.75) is 17.9 Å². The Morgan fingerprint density at radius 2 is 1.93 bits per heavy atom. The maximum Gasteiger partial charge on any atom is 0.343 e. The topological polar surface area (TPSA) is 84.9 Å². The number of rotatable bonds is 7. The number of sulfonamides is 1. The van der Waals surface area contributed by atoms with Crippen molar-refractivity contribution in [3.05, 3.63) is 53.6 Å². The van der Waals surface area contributed by atoms with Crippen molar-refractivity contribution in [1.29, 1.82) is 0 Å². The molecule has 2 aromatic rings. The number of benzene rings is 2.